The summed E-state index contributed by atoms with van der Waals surface area (Å²) in [5, 5.41) is 0. The van der Waals surface area contributed by atoms with Crippen molar-refractivity contribution < 1.29 is 19.0 Å². The standard InChI is InChI=1S/C6H11O4/c1-4-9-5(2)10-6(7)8-3/h5H,3-4H2,1-2H3. The monoisotopic (exact) mass is 147 g/mol. The summed E-state index contributed by atoms with van der Waals surface area (Å²) in [5.41, 5.74) is 0. The van der Waals surface area contributed by atoms with Crippen LogP contribution >= 0.6 is 0 Å². The Balaban J connectivity index is 3.37. The van der Waals surface area contributed by atoms with E-state index in [0.29, 0.717) is 6.61 Å². The van der Waals surface area contributed by atoms with Gasteiger partial charge in [0.05, 0.1) is 0 Å². The van der Waals surface area contributed by atoms with E-state index in [-0.39, 0.29) is 0 Å². The van der Waals surface area contributed by atoms with Crippen LogP contribution in [0.4, 0.5) is 4.79 Å². The molecule has 0 aromatic rings. The van der Waals surface area contributed by atoms with Crippen molar-refractivity contribution in [2.45, 2.75) is 20.1 Å². The zero-order chi connectivity index (χ0) is 7.98. The summed E-state index contributed by atoms with van der Waals surface area (Å²) in [6.45, 7) is 3.89. The number of hydrogen-bond acceptors (Lipinski definition) is 4. The Morgan fingerprint density at radius 1 is 1.70 bits per heavy atom. The lowest BCUT2D eigenvalue weighted by atomic mass is 10.7. The molecular formula is C6H11O4. The van der Waals surface area contributed by atoms with Gasteiger partial charge in [0.15, 0.2) is 0 Å². The third kappa shape index (κ3) is 4.14. The van der Waals surface area contributed by atoms with Crippen LogP contribution in [0.15, 0.2) is 0 Å². The fourth-order valence-corrected chi connectivity index (χ4v) is 0.438. The smallest absolute Gasteiger partial charge is 0.431 e. The first-order chi connectivity index (χ1) is 4.70. The minimum absolute atomic E-state index is 0.492. The molecule has 4 nitrogen and oxygen atoms in total. The van der Waals surface area contributed by atoms with Crippen molar-refractivity contribution in [3.05, 3.63) is 7.11 Å². The van der Waals surface area contributed by atoms with Gasteiger partial charge in [-0.15, -0.1) is 0 Å². The van der Waals surface area contributed by atoms with Crippen molar-refractivity contribution in [1.29, 1.82) is 0 Å². The average Bonchev–Trinajstić information content (AvgIpc) is 1.88. The van der Waals surface area contributed by atoms with Gasteiger partial charge in [0.2, 0.25) is 6.29 Å². The summed E-state index contributed by atoms with van der Waals surface area (Å²) in [7, 11) is 2.87. The van der Waals surface area contributed by atoms with E-state index >= 15 is 0 Å². The number of carbonyl (C=O) groups is 1. The molecule has 1 radical (unpaired) electrons. The lowest BCUT2D eigenvalue weighted by molar-refractivity contribution is -0.102. The van der Waals surface area contributed by atoms with Gasteiger partial charge >= 0.3 is 6.16 Å². The van der Waals surface area contributed by atoms with Crippen LogP contribution in [0.1, 0.15) is 13.8 Å². The first-order valence-electron chi connectivity index (χ1n) is 2.95. The predicted molar refractivity (Wildman–Crippen MR) is 34.0 cm³/mol. The topological polar surface area (TPSA) is 44.8 Å². The maximum atomic E-state index is 10.3. The van der Waals surface area contributed by atoms with Crippen molar-refractivity contribution in [2.24, 2.45) is 0 Å². The molecule has 0 aromatic heterocycles. The van der Waals surface area contributed by atoms with Gasteiger partial charge in [-0.25, -0.2) is 4.79 Å². The van der Waals surface area contributed by atoms with Gasteiger partial charge < -0.3 is 14.2 Å². The minimum atomic E-state index is -0.832. The molecule has 59 valence electrons. The SMILES string of the molecule is [CH2]OC(=O)OC(C)OCC. The Labute approximate surface area is 60.1 Å². The van der Waals surface area contributed by atoms with Crippen LogP contribution in [0.2, 0.25) is 0 Å². The largest absolute Gasteiger partial charge is 0.510 e. The second-order valence-electron chi connectivity index (χ2n) is 1.54. The molecule has 0 aliphatic heterocycles. The van der Waals surface area contributed by atoms with Crippen LogP contribution in [-0.4, -0.2) is 19.1 Å². The van der Waals surface area contributed by atoms with Gasteiger partial charge in [0.1, 0.15) is 7.11 Å². The molecule has 0 N–H and O–H groups in total. The van der Waals surface area contributed by atoms with Gasteiger partial charge in [-0.3, -0.25) is 0 Å². The fraction of sp³-hybridized carbons (Fsp3) is 0.667. The van der Waals surface area contributed by atoms with E-state index in [4.69, 9.17) is 4.74 Å². The van der Waals surface area contributed by atoms with E-state index < -0.39 is 12.4 Å². The fourth-order valence-electron chi connectivity index (χ4n) is 0.438. The van der Waals surface area contributed by atoms with Gasteiger partial charge in [-0.05, 0) is 13.8 Å². The number of carbonyl (C=O) groups excluding carboxylic acids is 1. The lowest BCUT2D eigenvalue weighted by Crippen LogP contribution is -2.17. The maximum absolute atomic E-state index is 10.3. The number of hydrogen-bond donors (Lipinski definition) is 0. The first-order valence-corrected chi connectivity index (χ1v) is 2.95. The zero-order valence-corrected chi connectivity index (χ0v) is 6.12. The highest BCUT2D eigenvalue weighted by Crippen LogP contribution is 1.94. The molecule has 0 rings (SSSR count). The van der Waals surface area contributed by atoms with Crippen LogP contribution in [0.3, 0.4) is 0 Å². The summed E-state index contributed by atoms with van der Waals surface area (Å²) in [6.07, 6.45) is -1.40. The highest BCUT2D eigenvalue weighted by Gasteiger charge is 2.06. The van der Waals surface area contributed by atoms with Crippen LogP contribution in [-0.2, 0) is 14.2 Å². The van der Waals surface area contributed by atoms with Crippen molar-refractivity contribution in [1.82, 2.24) is 0 Å². The third-order valence-corrected chi connectivity index (χ3v) is 0.781. The molecule has 0 aromatic carbocycles. The number of rotatable bonds is 3. The van der Waals surface area contributed by atoms with Crippen molar-refractivity contribution in [2.75, 3.05) is 6.61 Å². The molecule has 0 saturated heterocycles. The Morgan fingerprint density at radius 3 is 2.70 bits per heavy atom. The quantitative estimate of drug-likeness (QED) is 0.446. The molecule has 4 heteroatoms. The highest BCUT2D eigenvalue weighted by molar-refractivity contribution is 5.59. The summed E-state index contributed by atoms with van der Waals surface area (Å²) in [6, 6.07) is 0. The van der Waals surface area contributed by atoms with E-state index in [1.807, 2.05) is 0 Å². The molecule has 10 heavy (non-hydrogen) atoms. The summed E-state index contributed by atoms with van der Waals surface area (Å²) < 4.78 is 13.3. The molecular weight excluding hydrogens is 136 g/mol. The normalized spacial score (nSPS) is 12.3. The van der Waals surface area contributed by atoms with Gasteiger partial charge in [-0.1, -0.05) is 0 Å². The van der Waals surface area contributed by atoms with Crippen LogP contribution in [0.25, 0.3) is 0 Å². The second-order valence-corrected chi connectivity index (χ2v) is 1.54. The minimum Gasteiger partial charge on any atom is -0.431 e. The molecule has 0 saturated carbocycles. The van der Waals surface area contributed by atoms with E-state index in [2.05, 4.69) is 16.6 Å². The molecule has 0 spiro atoms. The van der Waals surface area contributed by atoms with Gasteiger partial charge in [0.25, 0.3) is 0 Å². The van der Waals surface area contributed by atoms with Crippen LogP contribution in [0, 0.1) is 7.11 Å². The van der Waals surface area contributed by atoms with Gasteiger partial charge in [0, 0.05) is 6.61 Å². The molecule has 0 amide bonds. The highest BCUT2D eigenvalue weighted by atomic mass is 16.8. The molecule has 0 aliphatic rings. The van der Waals surface area contributed by atoms with Crippen LogP contribution in [0.5, 0.6) is 0 Å². The number of ether oxygens (including phenoxy) is 3. The summed E-state index contributed by atoms with van der Waals surface area (Å²) in [5.74, 6) is 0. The Kier molecular flexibility index (Phi) is 4.66. The maximum Gasteiger partial charge on any atom is 0.510 e. The average molecular weight is 147 g/mol. The van der Waals surface area contributed by atoms with Crippen molar-refractivity contribution in [3.8, 4) is 0 Å². The van der Waals surface area contributed by atoms with Crippen molar-refractivity contribution >= 4 is 6.16 Å². The first kappa shape index (κ1) is 9.23. The van der Waals surface area contributed by atoms with Crippen molar-refractivity contribution in [3.63, 3.8) is 0 Å². The third-order valence-electron chi connectivity index (χ3n) is 0.781. The molecule has 1 atom stereocenters. The van der Waals surface area contributed by atoms with E-state index in [1.54, 1.807) is 13.8 Å². The van der Waals surface area contributed by atoms with E-state index in [0.717, 1.165) is 0 Å². The molecule has 1 unspecified atom stereocenters. The Hall–Kier alpha value is -0.770. The van der Waals surface area contributed by atoms with E-state index in [1.165, 1.54) is 0 Å². The Bertz CT molecular complexity index is 102. The zero-order valence-electron chi connectivity index (χ0n) is 6.12. The Morgan fingerprint density at radius 2 is 2.30 bits per heavy atom. The second kappa shape index (κ2) is 5.05. The summed E-state index contributed by atoms with van der Waals surface area (Å²) in [4.78, 5) is 10.3. The lowest BCUT2D eigenvalue weighted by Gasteiger charge is -2.10. The van der Waals surface area contributed by atoms with Gasteiger partial charge in [-0.2, -0.15) is 0 Å². The van der Waals surface area contributed by atoms with Crippen LogP contribution < -0.4 is 0 Å². The summed E-state index contributed by atoms with van der Waals surface area (Å²) >= 11 is 0. The molecule has 0 bridgehead atoms. The van der Waals surface area contributed by atoms with E-state index in [9.17, 15) is 4.79 Å². The molecule has 0 fully saturated rings. The molecule has 0 aliphatic carbocycles. The predicted octanol–water partition coefficient (Wildman–Crippen LogP) is 1.31. The molecule has 0 heterocycles.